The second-order valence-electron chi connectivity index (χ2n) is 4.71. The molecule has 15 heavy (non-hydrogen) atoms. The molecule has 2 atom stereocenters. The summed E-state index contributed by atoms with van der Waals surface area (Å²) in [6.07, 6.45) is 2.06. The highest BCUT2D eigenvalue weighted by atomic mass is 32.2. The number of carbonyl (C=O) groups is 1. The molecular weight excluding hydrogens is 210 g/mol. The molecule has 0 aromatic heterocycles. The topological polar surface area (TPSA) is 38.3 Å². The van der Waals surface area contributed by atoms with Gasteiger partial charge in [0.25, 0.3) is 0 Å². The summed E-state index contributed by atoms with van der Waals surface area (Å²) in [4.78, 5) is 11.6. The molecule has 0 radical (unpaired) electrons. The fourth-order valence-corrected chi connectivity index (χ4v) is 1.16. The molecule has 0 saturated carbocycles. The van der Waals surface area contributed by atoms with Gasteiger partial charge in [0.05, 0.1) is 0 Å². The van der Waals surface area contributed by atoms with Crippen LogP contribution in [0.1, 0.15) is 34.6 Å². The normalized spacial score (nSPS) is 15.9. The first-order valence-corrected chi connectivity index (χ1v) is 6.54. The lowest BCUT2D eigenvalue weighted by Gasteiger charge is -2.23. The Morgan fingerprint density at radius 2 is 1.93 bits per heavy atom. The van der Waals surface area contributed by atoms with Crippen molar-refractivity contribution in [2.24, 2.45) is 0 Å². The molecule has 0 heterocycles. The first kappa shape index (κ1) is 14.8. The van der Waals surface area contributed by atoms with Crippen LogP contribution in [0.15, 0.2) is 0 Å². The molecule has 1 N–H and O–H groups in total. The van der Waals surface area contributed by atoms with Crippen LogP contribution in [0.5, 0.6) is 0 Å². The summed E-state index contributed by atoms with van der Waals surface area (Å²) in [6.45, 7) is 10.4. The second-order valence-corrected chi connectivity index (χ2v) is 5.99. The van der Waals surface area contributed by atoms with Crippen molar-refractivity contribution in [2.75, 3.05) is 12.8 Å². The van der Waals surface area contributed by atoms with Crippen LogP contribution in [0.4, 0.5) is 0 Å². The molecule has 0 aliphatic rings. The van der Waals surface area contributed by atoms with Gasteiger partial charge in [-0.15, -0.1) is 0 Å². The van der Waals surface area contributed by atoms with Gasteiger partial charge >= 0.3 is 5.97 Å². The molecule has 0 fully saturated rings. The van der Waals surface area contributed by atoms with Gasteiger partial charge in [0.1, 0.15) is 11.6 Å². The van der Waals surface area contributed by atoms with Gasteiger partial charge in [0.15, 0.2) is 0 Å². The van der Waals surface area contributed by atoms with Gasteiger partial charge in [-0.1, -0.05) is 6.92 Å². The largest absolute Gasteiger partial charge is 0.459 e. The Hall–Kier alpha value is -0.220. The summed E-state index contributed by atoms with van der Waals surface area (Å²) in [5.74, 6) is -0.184. The Morgan fingerprint density at radius 1 is 1.40 bits per heavy atom. The lowest BCUT2D eigenvalue weighted by atomic mass is 10.2. The van der Waals surface area contributed by atoms with Crippen molar-refractivity contribution >= 4 is 17.7 Å². The second kappa shape index (κ2) is 6.38. The van der Waals surface area contributed by atoms with Crippen LogP contribution >= 0.6 is 11.8 Å². The predicted octanol–water partition coefficient (Wildman–Crippen LogP) is 2.06. The van der Waals surface area contributed by atoms with Crippen molar-refractivity contribution in [1.82, 2.24) is 5.32 Å². The van der Waals surface area contributed by atoms with Crippen LogP contribution in [0.25, 0.3) is 0 Å². The Morgan fingerprint density at radius 3 is 2.33 bits per heavy atom. The van der Waals surface area contributed by atoms with E-state index in [0.717, 1.165) is 6.54 Å². The molecule has 0 spiro atoms. The van der Waals surface area contributed by atoms with E-state index in [1.807, 2.05) is 27.7 Å². The van der Waals surface area contributed by atoms with E-state index in [4.69, 9.17) is 4.74 Å². The first-order valence-electron chi connectivity index (χ1n) is 5.25. The third kappa shape index (κ3) is 7.68. The summed E-state index contributed by atoms with van der Waals surface area (Å²) >= 11 is 1.78. The maximum atomic E-state index is 11.6. The van der Waals surface area contributed by atoms with Crippen LogP contribution in [0.2, 0.25) is 0 Å². The van der Waals surface area contributed by atoms with Gasteiger partial charge in [-0.25, -0.2) is 0 Å². The predicted molar refractivity (Wildman–Crippen MR) is 66.3 cm³/mol. The number of carbonyl (C=O) groups excluding carboxylic acids is 1. The zero-order valence-electron chi connectivity index (χ0n) is 10.6. The van der Waals surface area contributed by atoms with E-state index < -0.39 is 5.60 Å². The third-order valence-corrected chi connectivity index (χ3v) is 2.85. The van der Waals surface area contributed by atoms with E-state index >= 15 is 0 Å². The Kier molecular flexibility index (Phi) is 6.29. The molecule has 2 unspecified atom stereocenters. The van der Waals surface area contributed by atoms with Gasteiger partial charge in [-0.2, -0.15) is 11.8 Å². The average molecular weight is 233 g/mol. The first-order chi connectivity index (χ1) is 6.76. The van der Waals surface area contributed by atoms with E-state index in [9.17, 15) is 4.79 Å². The van der Waals surface area contributed by atoms with Crippen LogP contribution in [0, 0.1) is 0 Å². The summed E-state index contributed by atoms with van der Waals surface area (Å²) < 4.78 is 5.26. The Balaban J connectivity index is 3.90. The highest BCUT2D eigenvalue weighted by Gasteiger charge is 2.21. The lowest BCUT2D eigenvalue weighted by molar-refractivity contribution is -0.156. The van der Waals surface area contributed by atoms with Gasteiger partial charge in [-0.3, -0.25) is 4.79 Å². The molecule has 0 amide bonds. The van der Waals surface area contributed by atoms with Crippen molar-refractivity contribution in [1.29, 1.82) is 0 Å². The number of rotatable bonds is 5. The summed E-state index contributed by atoms with van der Waals surface area (Å²) in [5.41, 5.74) is -0.405. The third-order valence-electron chi connectivity index (χ3n) is 1.87. The smallest absolute Gasteiger partial charge is 0.323 e. The van der Waals surface area contributed by atoms with Crippen LogP contribution in [-0.4, -0.2) is 35.7 Å². The van der Waals surface area contributed by atoms with E-state index in [2.05, 4.69) is 18.5 Å². The molecule has 3 nitrogen and oxygen atoms in total. The van der Waals surface area contributed by atoms with E-state index in [0.29, 0.717) is 5.25 Å². The minimum Gasteiger partial charge on any atom is -0.459 e. The van der Waals surface area contributed by atoms with Gasteiger partial charge in [0, 0.05) is 11.8 Å². The van der Waals surface area contributed by atoms with Crippen molar-refractivity contribution in [3.05, 3.63) is 0 Å². The molecule has 0 aromatic carbocycles. The number of esters is 1. The highest BCUT2D eigenvalue weighted by molar-refractivity contribution is 7.99. The minimum atomic E-state index is -0.405. The van der Waals surface area contributed by atoms with Gasteiger partial charge < -0.3 is 10.1 Å². The molecular formula is C11H23NO2S. The zero-order chi connectivity index (χ0) is 12.1. The van der Waals surface area contributed by atoms with Crippen LogP contribution in [-0.2, 0) is 9.53 Å². The molecule has 0 bridgehead atoms. The monoisotopic (exact) mass is 233 g/mol. The molecule has 4 heteroatoms. The average Bonchev–Trinajstić information content (AvgIpc) is 2.10. The standard InChI is InChI=1S/C11H23NO2S/c1-8(15-6)7-12-9(2)10(13)14-11(3,4)5/h8-9,12H,7H2,1-6H3. The Bertz CT molecular complexity index is 201. The zero-order valence-corrected chi connectivity index (χ0v) is 11.4. The molecule has 0 aromatic rings. The SMILES string of the molecule is CSC(C)CNC(C)C(=O)OC(C)(C)C. The number of nitrogens with one attached hydrogen (secondary N) is 1. The summed E-state index contributed by atoms with van der Waals surface area (Å²) in [7, 11) is 0. The Labute approximate surface area is 97.3 Å². The maximum Gasteiger partial charge on any atom is 0.323 e. The quantitative estimate of drug-likeness (QED) is 0.738. The number of thioether (sulfide) groups is 1. The van der Waals surface area contributed by atoms with Crippen molar-refractivity contribution in [3.8, 4) is 0 Å². The molecule has 90 valence electrons. The molecule has 0 saturated heterocycles. The summed E-state index contributed by atoms with van der Waals surface area (Å²) in [5, 5.41) is 3.67. The fraction of sp³-hybridized carbons (Fsp3) is 0.909. The van der Waals surface area contributed by atoms with Gasteiger partial charge in [0.2, 0.25) is 0 Å². The van der Waals surface area contributed by atoms with Crippen molar-refractivity contribution < 1.29 is 9.53 Å². The maximum absolute atomic E-state index is 11.6. The molecule has 0 aliphatic carbocycles. The van der Waals surface area contributed by atoms with E-state index in [-0.39, 0.29) is 12.0 Å². The van der Waals surface area contributed by atoms with Crippen molar-refractivity contribution in [3.63, 3.8) is 0 Å². The van der Waals surface area contributed by atoms with Crippen LogP contribution < -0.4 is 5.32 Å². The minimum absolute atomic E-state index is 0.184. The van der Waals surface area contributed by atoms with Gasteiger partial charge in [-0.05, 0) is 34.0 Å². The number of hydrogen-bond acceptors (Lipinski definition) is 4. The number of ether oxygens (including phenoxy) is 1. The van der Waals surface area contributed by atoms with Crippen LogP contribution in [0.3, 0.4) is 0 Å². The van der Waals surface area contributed by atoms with E-state index in [1.54, 1.807) is 11.8 Å². The van der Waals surface area contributed by atoms with E-state index in [1.165, 1.54) is 0 Å². The number of hydrogen-bond donors (Lipinski definition) is 1. The molecule has 0 aliphatic heterocycles. The van der Waals surface area contributed by atoms with Crippen molar-refractivity contribution in [2.45, 2.75) is 51.5 Å². The summed E-state index contributed by atoms with van der Waals surface area (Å²) in [6, 6.07) is -0.237. The highest BCUT2D eigenvalue weighted by Crippen LogP contribution is 2.09. The fourth-order valence-electron chi connectivity index (χ4n) is 0.900. The lowest BCUT2D eigenvalue weighted by Crippen LogP contribution is -2.41. The molecule has 0 rings (SSSR count).